The fourth-order valence-electron chi connectivity index (χ4n) is 3.69. The SMILES string of the molecule is CCOC(=O)c1cnc2c(ccc3ccccc32)c1NCCOC(=O)c1ccccc1C. The number of carbonyl (C=O) groups is 2. The first kappa shape index (κ1) is 21.3. The Morgan fingerprint density at radius 1 is 0.875 bits per heavy atom. The molecule has 1 N–H and O–H groups in total. The fourth-order valence-corrected chi connectivity index (χ4v) is 3.69. The minimum Gasteiger partial charge on any atom is -0.462 e. The molecule has 0 aliphatic heterocycles. The summed E-state index contributed by atoms with van der Waals surface area (Å²) in [7, 11) is 0. The average Bonchev–Trinajstić information content (AvgIpc) is 2.81. The second-order valence-electron chi connectivity index (χ2n) is 7.33. The Morgan fingerprint density at radius 2 is 1.62 bits per heavy atom. The molecule has 4 rings (SSSR count). The molecule has 0 amide bonds. The molecule has 6 heteroatoms. The molecule has 0 aliphatic rings. The number of aryl methyl sites for hydroxylation is 1. The molecule has 1 heterocycles. The molecule has 0 bridgehead atoms. The second kappa shape index (κ2) is 9.47. The van der Waals surface area contributed by atoms with Crippen LogP contribution in [0.5, 0.6) is 0 Å². The molecule has 0 atom stereocenters. The number of carbonyl (C=O) groups excluding carboxylic acids is 2. The number of anilines is 1. The summed E-state index contributed by atoms with van der Waals surface area (Å²) in [6.45, 7) is 4.37. The Morgan fingerprint density at radius 3 is 2.44 bits per heavy atom. The highest BCUT2D eigenvalue weighted by Gasteiger charge is 2.18. The first-order valence-electron chi connectivity index (χ1n) is 10.5. The number of hydrogen-bond donors (Lipinski definition) is 1. The van der Waals surface area contributed by atoms with E-state index in [-0.39, 0.29) is 19.2 Å². The molecular formula is C26H24N2O4. The van der Waals surface area contributed by atoms with Crippen molar-refractivity contribution in [1.82, 2.24) is 4.98 Å². The van der Waals surface area contributed by atoms with E-state index < -0.39 is 5.97 Å². The second-order valence-corrected chi connectivity index (χ2v) is 7.33. The van der Waals surface area contributed by atoms with Gasteiger partial charge in [-0.1, -0.05) is 54.6 Å². The summed E-state index contributed by atoms with van der Waals surface area (Å²) in [5.41, 5.74) is 3.16. The van der Waals surface area contributed by atoms with E-state index in [4.69, 9.17) is 9.47 Å². The van der Waals surface area contributed by atoms with E-state index in [0.717, 1.165) is 27.2 Å². The van der Waals surface area contributed by atoms with Crippen molar-refractivity contribution in [2.75, 3.05) is 25.1 Å². The van der Waals surface area contributed by atoms with E-state index in [1.807, 2.05) is 55.5 Å². The third-order valence-electron chi connectivity index (χ3n) is 5.26. The van der Waals surface area contributed by atoms with Gasteiger partial charge in [0.05, 0.1) is 23.4 Å². The van der Waals surface area contributed by atoms with Gasteiger partial charge in [-0.05, 0) is 30.9 Å². The van der Waals surface area contributed by atoms with Crippen molar-refractivity contribution >= 4 is 39.3 Å². The number of pyridine rings is 1. The van der Waals surface area contributed by atoms with Gasteiger partial charge in [0.1, 0.15) is 12.2 Å². The molecule has 0 spiro atoms. The van der Waals surface area contributed by atoms with Crippen LogP contribution in [0.25, 0.3) is 21.7 Å². The Labute approximate surface area is 186 Å². The lowest BCUT2D eigenvalue weighted by Gasteiger charge is -2.15. The molecular weight excluding hydrogens is 404 g/mol. The van der Waals surface area contributed by atoms with Crippen LogP contribution in [0.4, 0.5) is 5.69 Å². The molecule has 4 aromatic rings. The maximum atomic E-state index is 12.5. The lowest BCUT2D eigenvalue weighted by atomic mass is 10.0. The van der Waals surface area contributed by atoms with Gasteiger partial charge in [-0.3, -0.25) is 4.98 Å². The van der Waals surface area contributed by atoms with Gasteiger partial charge < -0.3 is 14.8 Å². The van der Waals surface area contributed by atoms with Crippen LogP contribution in [-0.2, 0) is 9.47 Å². The Kier molecular flexibility index (Phi) is 6.31. The molecule has 0 fully saturated rings. The Balaban J connectivity index is 1.60. The van der Waals surface area contributed by atoms with Crippen molar-refractivity contribution in [3.05, 3.63) is 83.6 Å². The van der Waals surface area contributed by atoms with Crippen molar-refractivity contribution in [1.29, 1.82) is 0 Å². The lowest BCUT2D eigenvalue weighted by molar-refractivity contribution is 0.0509. The van der Waals surface area contributed by atoms with Gasteiger partial charge in [0.15, 0.2) is 0 Å². The van der Waals surface area contributed by atoms with Crippen LogP contribution >= 0.6 is 0 Å². The Bertz CT molecular complexity index is 1300. The van der Waals surface area contributed by atoms with Gasteiger partial charge in [0.2, 0.25) is 0 Å². The third kappa shape index (κ3) is 4.25. The van der Waals surface area contributed by atoms with Gasteiger partial charge in [-0.2, -0.15) is 0 Å². The molecule has 0 aliphatic carbocycles. The number of nitrogens with zero attached hydrogens (tertiary/aromatic N) is 1. The highest BCUT2D eigenvalue weighted by Crippen LogP contribution is 2.31. The van der Waals surface area contributed by atoms with E-state index >= 15 is 0 Å². The number of hydrogen-bond acceptors (Lipinski definition) is 6. The van der Waals surface area contributed by atoms with Gasteiger partial charge in [0, 0.05) is 23.5 Å². The van der Waals surface area contributed by atoms with Crippen molar-refractivity contribution in [2.45, 2.75) is 13.8 Å². The van der Waals surface area contributed by atoms with Crippen molar-refractivity contribution in [3.63, 3.8) is 0 Å². The topological polar surface area (TPSA) is 77.5 Å². The number of fused-ring (bicyclic) bond motifs is 3. The summed E-state index contributed by atoms with van der Waals surface area (Å²) in [6.07, 6.45) is 1.54. The van der Waals surface area contributed by atoms with Gasteiger partial charge in [-0.25, -0.2) is 9.59 Å². The largest absolute Gasteiger partial charge is 0.462 e. The zero-order valence-corrected chi connectivity index (χ0v) is 18.1. The third-order valence-corrected chi connectivity index (χ3v) is 5.26. The fraction of sp³-hybridized carbons (Fsp3) is 0.192. The average molecular weight is 428 g/mol. The predicted molar refractivity (Wildman–Crippen MR) is 125 cm³/mol. The van der Waals surface area contributed by atoms with E-state index in [9.17, 15) is 9.59 Å². The summed E-state index contributed by atoms with van der Waals surface area (Å²) >= 11 is 0. The van der Waals surface area contributed by atoms with Crippen molar-refractivity contribution in [2.24, 2.45) is 0 Å². The number of aromatic nitrogens is 1. The van der Waals surface area contributed by atoms with Crippen LogP contribution in [0.15, 0.2) is 66.9 Å². The molecule has 162 valence electrons. The molecule has 6 nitrogen and oxygen atoms in total. The van der Waals surface area contributed by atoms with Gasteiger partial charge >= 0.3 is 11.9 Å². The standard InChI is InChI=1S/C26H24N2O4/c1-3-31-26(30)22-16-28-23-20-11-7-5-9-18(20)12-13-21(23)24(22)27-14-15-32-25(29)19-10-6-4-8-17(19)2/h4-13,16H,3,14-15H2,1-2H3,(H,27,28). The minimum absolute atomic E-state index is 0.146. The normalized spacial score (nSPS) is 10.8. The molecule has 32 heavy (non-hydrogen) atoms. The van der Waals surface area contributed by atoms with Gasteiger partial charge in [-0.15, -0.1) is 0 Å². The van der Waals surface area contributed by atoms with E-state index in [2.05, 4.69) is 10.3 Å². The molecule has 0 radical (unpaired) electrons. The number of benzene rings is 3. The molecule has 0 saturated heterocycles. The zero-order chi connectivity index (χ0) is 22.5. The quantitative estimate of drug-likeness (QED) is 0.249. The van der Waals surface area contributed by atoms with Crippen LogP contribution in [-0.4, -0.2) is 36.7 Å². The first-order chi connectivity index (χ1) is 15.6. The van der Waals surface area contributed by atoms with Crippen LogP contribution in [0, 0.1) is 6.92 Å². The molecule has 1 aromatic heterocycles. The Hall–Kier alpha value is -3.93. The number of esters is 2. The van der Waals surface area contributed by atoms with E-state index in [0.29, 0.717) is 23.4 Å². The van der Waals surface area contributed by atoms with Crippen LogP contribution < -0.4 is 5.32 Å². The summed E-state index contributed by atoms with van der Waals surface area (Å²) in [5.74, 6) is -0.824. The summed E-state index contributed by atoms with van der Waals surface area (Å²) < 4.78 is 10.6. The lowest BCUT2D eigenvalue weighted by Crippen LogP contribution is -2.17. The van der Waals surface area contributed by atoms with Gasteiger partial charge in [0.25, 0.3) is 0 Å². The monoisotopic (exact) mass is 428 g/mol. The predicted octanol–water partition coefficient (Wildman–Crippen LogP) is 5.14. The summed E-state index contributed by atoms with van der Waals surface area (Å²) in [5, 5.41) is 6.13. The van der Waals surface area contributed by atoms with Crippen LogP contribution in [0.2, 0.25) is 0 Å². The number of nitrogens with one attached hydrogen (secondary N) is 1. The van der Waals surface area contributed by atoms with Crippen molar-refractivity contribution < 1.29 is 19.1 Å². The highest BCUT2D eigenvalue weighted by molar-refractivity contribution is 6.13. The zero-order valence-electron chi connectivity index (χ0n) is 18.1. The first-order valence-corrected chi connectivity index (χ1v) is 10.5. The van der Waals surface area contributed by atoms with E-state index in [1.165, 1.54) is 6.20 Å². The molecule has 3 aromatic carbocycles. The number of rotatable bonds is 7. The maximum absolute atomic E-state index is 12.5. The smallest absolute Gasteiger partial charge is 0.341 e. The van der Waals surface area contributed by atoms with Crippen LogP contribution in [0.1, 0.15) is 33.2 Å². The van der Waals surface area contributed by atoms with Crippen LogP contribution in [0.3, 0.4) is 0 Å². The molecule has 0 unspecified atom stereocenters. The number of ether oxygens (including phenoxy) is 2. The van der Waals surface area contributed by atoms with Crippen molar-refractivity contribution in [3.8, 4) is 0 Å². The highest BCUT2D eigenvalue weighted by atomic mass is 16.5. The summed E-state index contributed by atoms with van der Waals surface area (Å²) in [4.78, 5) is 29.5. The maximum Gasteiger partial charge on any atom is 0.341 e. The molecule has 0 saturated carbocycles. The summed E-state index contributed by atoms with van der Waals surface area (Å²) in [6, 6.07) is 19.2. The minimum atomic E-state index is -0.450. The van der Waals surface area contributed by atoms with E-state index in [1.54, 1.807) is 19.1 Å².